The van der Waals surface area contributed by atoms with E-state index in [1.807, 2.05) is 0 Å². The summed E-state index contributed by atoms with van der Waals surface area (Å²) >= 11 is 0. The lowest BCUT2D eigenvalue weighted by molar-refractivity contribution is -0.118. The molecule has 0 spiro atoms. The van der Waals surface area contributed by atoms with Gasteiger partial charge in [-0.15, -0.1) is 0 Å². The fourth-order valence-electron chi connectivity index (χ4n) is 1.21. The zero-order chi connectivity index (χ0) is 9.97. The van der Waals surface area contributed by atoms with Gasteiger partial charge in [0.05, 0.1) is 25.6 Å². The average molecular weight is 196 g/mol. The number of hydrogen-bond acceptors (Lipinski definition) is 5. The molecule has 14 heavy (non-hydrogen) atoms. The largest absolute Gasteiger partial charge is 0.377 e. The molecule has 2 heterocycles. The molecule has 1 unspecified atom stereocenters. The zero-order valence-electron chi connectivity index (χ0n) is 7.56. The van der Waals surface area contributed by atoms with Crippen LogP contribution in [0, 0.1) is 0 Å². The molecular weight excluding hydrogens is 184 g/mol. The molecule has 0 aliphatic carbocycles. The molecule has 2 rings (SSSR count). The van der Waals surface area contributed by atoms with Crippen LogP contribution in [0.5, 0.6) is 0 Å². The summed E-state index contributed by atoms with van der Waals surface area (Å²) < 4.78 is 5.00. The maximum absolute atomic E-state index is 10.9. The zero-order valence-corrected chi connectivity index (χ0v) is 7.56. The molecule has 0 bridgehead atoms. The van der Waals surface area contributed by atoms with Gasteiger partial charge in [0.1, 0.15) is 11.9 Å². The summed E-state index contributed by atoms with van der Waals surface area (Å²) in [7, 11) is 0. The Kier molecular flexibility index (Phi) is 2.36. The molecule has 1 saturated heterocycles. The standard InChI is InChI=1S/C8H12N4O2/c9-8(13)6-1-7(11-4-10-6)12-5-2-14-3-5/h1,4-6,12H,2-3H2,(H2,9,13)(H,10,11). The highest BCUT2D eigenvalue weighted by molar-refractivity contribution is 5.85. The molecule has 0 radical (unpaired) electrons. The van der Waals surface area contributed by atoms with Crippen molar-refractivity contribution in [3.05, 3.63) is 11.9 Å². The molecule has 0 aromatic heterocycles. The molecule has 1 atom stereocenters. The van der Waals surface area contributed by atoms with E-state index in [4.69, 9.17) is 10.5 Å². The number of nitrogens with one attached hydrogen (secondary N) is 2. The normalized spacial score (nSPS) is 26.0. The SMILES string of the molecule is NC(=O)C1C=C(NC2COC2)N=CN1. The summed E-state index contributed by atoms with van der Waals surface area (Å²) in [6, 6.07) is -0.180. The fraction of sp³-hybridized carbons (Fsp3) is 0.500. The lowest BCUT2D eigenvalue weighted by Crippen LogP contribution is -2.47. The molecule has 2 aliphatic rings. The second kappa shape index (κ2) is 3.67. The number of aliphatic imine (C=N–C) groups is 1. The number of primary amides is 1. The van der Waals surface area contributed by atoms with E-state index >= 15 is 0 Å². The molecule has 0 aromatic rings. The lowest BCUT2D eigenvalue weighted by Gasteiger charge is -2.28. The Morgan fingerprint density at radius 1 is 1.71 bits per heavy atom. The van der Waals surface area contributed by atoms with Gasteiger partial charge in [0, 0.05) is 0 Å². The molecule has 1 fully saturated rings. The van der Waals surface area contributed by atoms with Crippen molar-refractivity contribution in [2.75, 3.05) is 13.2 Å². The van der Waals surface area contributed by atoms with E-state index in [2.05, 4.69) is 15.6 Å². The van der Waals surface area contributed by atoms with Gasteiger partial charge >= 0.3 is 0 Å². The summed E-state index contributed by atoms with van der Waals surface area (Å²) in [5.41, 5.74) is 5.15. The Balaban J connectivity index is 1.95. The van der Waals surface area contributed by atoms with Gasteiger partial charge in [0.15, 0.2) is 0 Å². The Morgan fingerprint density at radius 3 is 3.07 bits per heavy atom. The van der Waals surface area contributed by atoms with E-state index in [9.17, 15) is 4.79 Å². The highest BCUT2D eigenvalue weighted by Crippen LogP contribution is 2.06. The van der Waals surface area contributed by atoms with Crippen LogP contribution in [0.1, 0.15) is 0 Å². The van der Waals surface area contributed by atoms with E-state index in [-0.39, 0.29) is 0 Å². The van der Waals surface area contributed by atoms with Crippen LogP contribution in [0.25, 0.3) is 0 Å². The molecule has 6 heteroatoms. The highest BCUT2D eigenvalue weighted by atomic mass is 16.5. The molecule has 4 N–H and O–H groups in total. The van der Waals surface area contributed by atoms with Crippen molar-refractivity contribution in [2.24, 2.45) is 10.7 Å². The number of amides is 1. The summed E-state index contributed by atoms with van der Waals surface area (Å²) in [6.07, 6.45) is 3.14. The highest BCUT2D eigenvalue weighted by Gasteiger charge is 2.21. The molecule has 2 aliphatic heterocycles. The summed E-state index contributed by atoms with van der Waals surface area (Å²) in [5, 5.41) is 5.87. The quantitative estimate of drug-likeness (QED) is 0.502. The first-order valence-electron chi connectivity index (χ1n) is 4.40. The van der Waals surface area contributed by atoms with Crippen LogP contribution in [0.3, 0.4) is 0 Å². The van der Waals surface area contributed by atoms with E-state index < -0.39 is 11.9 Å². The summed E-state index contributed by atoms with van der Waals surface area (Å²) in [5.74, 6) is 0.251. The molecule has 0 saturated carbocycles. The minimum Gasteiger partial charge on any atom is -0.377 e. The Hall–Kier alpha value is -1.56. The monoisotopic (exact) mass is 196 g/mol. The van der Waals surface area contributed by atoms with E-state index in [1.54, 1.807) is 6.08 Å². The Bertz CT molecular complexity index is 296. The van der Waals surface area contributed by atoms with Gasteiger partial charge in [-0.2, -0.15) is 0 Å². The summed E-state index contributed by atoms with van der Waals surface area (Å²) in [6.45, 7) is 1.36. The van der Waals surface area contributed by atoms with Gasteiger partial charge in [-0.1, -0.05) is 0 Å². The summed E-state index contributed by atoms with van der Waals surface area (Å²) in [4.78, 5) is 14.9. The van der Waals surface area contributed by atoms with E-state index in [1.165, 1.54) is 6.34 Å². The van der Waals surface area contributed by atoms with Crippen LogP contribution in [0.2, 0.25) is 0 Å². The van der Waals surface area contributed by atoms with Crippen LogP contribution < -0.4 is 16.4 Å². The number of hydrogen-bond donors (Lipinski definition) is 3. The number of ether oxygens (including phenoxy) is 1. The van der Waals surface area contributed by atoms with Crippen molar-refractivity contribution in [3.63, 3.8) is 0 Å². The average Bonchev–Trinajstić information content (AvgIpc) is 2.12. The maximum Gasteiger partial charge on any atom is 0.244 e. The van der Waals surface area contributed by atoms with Crippen LogP contribution in [0.4, 0.5) is 0 Å². The number of carbonyl (C=O) groups is 1. The first-order chi connectivity index (χ1) is 6.75. The number of nitrogens with zero attached hydrogens (tertiary/aromatic N) is 1. The predicted octanol–water partition coefficient (Wildman–Crippen LogP) is -1.70. The molecule has 0 aromatic carbocycles. The number of carbonyl (C=O) groups excluding carboxylic acids is 1. The fourth-order valence-corrected chi connectivity index (χ4v) is 1.21. The van der Waals surface area contributed by atoms with Crippen molar-refractivity contribution in [2.45, 2.75) is 12.1 Å². The van der Waals surface area contributed by atoms with Gasteiger partial charge in [-0.05, 0) is 6.08 Å². The second-order valence-corrected chi connectivity index (χ2v) is 3.24. The topological polar surface area (TPSA) is 88.7 Å². The Morgan fingerprint density at radius 2 is 2.50 bits per heavy atom. The third-order valence-electron chi connectivity index (χ3n) is 2.08. The van der Waals surface area contributed by atoms with Gasteiger partial charge < -0.3 is 21.1 Å². The molecule has 1 amide bonds. The van der Waals surface area contributed by atoms with Crippen LogP contribution in [-0.4, -0.2) is 37.5 Å². The van der Waals surface area contributed by atoms with Gasteiger partial charge in [0.2, 0.25) is 5.91 Å². The number of nitrogens with two attached hydrogens (primary N) is 1. The smallest absolute Gasteiger partial charge is 0.244 e. The van der Waals surface area contributed by atoms with Crippen molar-refractivity contribution in [1.29, 1.82) is 0 Å². The van der Waals surface area contributed by atoms with E-state index in [0.29, 0.717) is 25.1 Å². The third kappa shape index (κ3) is 1.85. The van der Waals surface area contributed by atoms with Crippen molar-refractivity contribution in [3.8, 4) is 0 Å². The molecular formula is C8H12N4O2. The van der Waals surface area contributed by atoms with Crippen LogP contribution >= 0.6 is 0 Å². The Labute approximate surface area is 81.2 Å². The first kappa shape index (κ1) is 9.01. The predicted molar refractivity (Wildman–Crippen MR) is 50.4 cm³/mol. The maximum atomic E-state index is 10.9. The van der Waals surface area contributed by atoms with Gasteiger partial charge in [-0.25, -0.2) is 4.99 Å². The van der Waals surface area contributed by atoms with E-state index in [0.717, 1.165) is 0 Å². The third-order valence-corrected chi connectivity index (χ3v) is 2.08. The molecule has 76 valence electrons. The van der Waals surface area contributed by atoms with Gasteiger partial charge in [-0.3, -0.25) is 4.79 Å². The number of rotatable bonds is 3. The van der Waals surface area contributed by atoms with Crippen molar-refractivity contribution < 1.29 is 9.53 Å². The van der Waals surface area contributed by atoms with Crippen molar-refractivity contribution >= 4 is 12.2 Å². The lowest BCUT2D eigenvalue weighted by atomic mass is 10.2. The van der Waals surface area contributed by atoms with Crippen molar-refractivity contribution in [1.82, 2.24) is 10.6 Å². The van der Waals surface area contributed by atoms with Crippen LogP contribution in [-0.2, 0) is 9.53 Å². The molecule has 6 nitrogen and oxygen atoms in total. The minimum atomic E-state index is -0.476. The minimum absolute atomic E-state index is 0.296. The van der Waals surface area contributed by atoms with Gasteiger partial charge in [0.25, 0.3) is 0 Å². The van der Waals surface area contributed by atoms with Crippen LogP contribution in [0.15, 0.2) is 16.9 Å². The first-order valence-corrected chi connectivity index (χ1v) is 4.40. The second-order valence-electron chi connectivity index (χ2n) is 3.24.